The molecule has 1 aromatic rings. The van der Waals surface area contributed by atoms with Gasteiger partial charge in [-0.2, -0.15) is 0 Å². The van der Waals surface area contributed by atoms with E-state index < -0.39 is 6.04 Å². The molecule has 1 atom stereocenters. The van der Waals surface area contributed by atoms with E-state index in [4.69, 9.17) is 4.42 Å². The number of halogens is 1. The molecule has 1 heterocycles. The predicted molar refractivity (Wildman–Crippen MR) is 95.4 cm³/mol. The third-order valence-electron chi connectivity index (χ3n) is 4.24. The van der Waals surface area contributed by atoms with Crippen LogP contribution in [0.1, 0.15) is 55.8 Å². The first-order valence-corrected chi connectivity index (χ1v) is 8.51. The van der Waals surface area contributed by atoms with E-state index in [0.29, 0.717) is 18.2 Å². The quantitative estimate of drug-likeness (QED) is 0.516. The molecule has 6 nitrogen and oxygen atoms in total. The lowest BCUT2D eigenvalue weighted by molar-refractivity contribution is -0.122. The smallest absolute Gasteiger partial charge is 0.255 e. The van der Waals surface area contributed by atoms with Crippen LogP contribution in [0.3, 0.4) is 0 Å². The SMILES string of the molecule is CC(NC(=O)c1ccoc1)C(=O)NCCNC1CCCCCC1.Cl. The first-order valence-electron chi connectivity index (χ1n) is 8.51. The van der Waals surface area contributed by atoms with E-state index >= 15 is 0 Å². The number of nitrogens with one attached hydrogen (secondary N) is 3. The van der Waals surface area contributed by atoms with E-state index in [-0.39, 0.29) is 24.2 Å². The zero-order valence-electron chi connectivity index (χ0n) is 14.2. The van der Waals surface area contributed by atoms with Crippen molar-refractivity contribution in [2.45, 2.75) is 57.5 Å². The number of furan rings is 1. The molecule has 24 heavy (non-hydrogen) atoms. The number of carbonyl (C=O) groups excluding carboxylic acids is 2. The third kappa shape index (κ3) is 6.93. The lowest BCUT2D eigenvalue weighted by atomic mass is 10.1. The second-order valence-corrected chi connectivity index (χ2v) is 6.14. The molecule has 0 saturated heterocycles. The highest BCUT2D eigenvalue weighted by Gasteiger charge is 2.17. The van der Waals surface area contributed by atoms with Crippen LogP contribution in [-0.2, 0) is 4.79 Å². The van der Waals surface area contributed by atoms with E-state index in [2.05, 4.69) is 16.0 Å². The average molecular weight is 358 g/mol. The fourth-order valence-electron chi connectivity index (χ4n) is 2.84. The molecule has 0 bridgehead atoms. The van der Waals surface area contributed by atoms with Crippen molar-refractivity contribution < 1.29 is 14.0 Å². The summed E-state index contributed by atoms with van der Waals surface area (Å²) in [6.45, 7) is 3.01. The number of hydrogen-bond acceptors (Lipinski definition) is 4. The van der Waals surface area contributed by atoms with Crippen LogP contribution in [0.4, 0.5) is 0 Å². The topological polar surface area (TPSA) is 83.4 Å². The van der Waals surface area contributed by atoms with Gasteiger partial charge in [-0.25, -0.2) is 0 Å². The Bertz CT molecular complexity index is 485. The molecule has 0 spiro atoms. The molecular weight excluding hydrogens is 330 g/mol. The van der Waals surface area contributed by atoms with Crippen LogP contribution in [0.15, 0.2) is 23.0 Å². The van der Waals surface area contributed by atoms with E-state index in [1.807, 2.05) is 0 Å². The molecule has 1 aliphatic rings. The Morgan fingerprint density at radius 3 is 2.54 bits per heavy atom. The van der Waals surface area contributed by atoms with Crippen molar-refractivity contribution >= 4 is 24.2 Å². The summed E-state index contributed by atoms with van der Waals surface area (Å²) >= 11 is 0. The molecule has 7 heteroatoms. The Balaban J connectivity index is 0.00000288. The molecule has 1 unspecified atom stereocenters. The number of hydrogen-bond donors (Lipinski definition) is 3. The minimum Gasteiger partial charge on any atom is -0.472 e. The third-order valence-corrected chi connectivity index (χ3v) is 4.24. The van der Waals surface area contributed by atoms with Crippen molar-refractivity contribution in [3.8, 4) is 0 Å². The van der Waals surface area contributed by atoms with Crippen LogP contribution in [-0.4, -0.2) is 37.0 Å². The van der Waals surface area contributed by atoms with Gasteiger partial charge in [-0.05, 0) is 25.8 Å². The van der Waals surface area contributed by atoms with Crippen LogP contribution in [0.2, 0.25) is 0 Å². The summed E-state index contributed by atoms with van der Waals surface area (Å²) in [7, 11) is 0. The fourth-order valence-corrected chi connectivity index (χ4v) is 2.84. The van der Waals surface area contributed by atoms with Crippen molar-refractivity contribution in [2.24, 2.45) is 0 Å². The van der Waals surface area contributed by atoms with Crippen molar-refractivity contribution in [1.82, 2.24) is 16.0 Å². The lowest BCUT2D eigenvalue weighted by Crippen LogP contribution is -2.46. The number of amides is 2. The summed E-state index contributed by atoms with van der Waals surface area (Å²) in [6, 6.07) is 1.57. The second kappa shape index (κ2) is 11.1. The normalized spacial score (nSPS) is 16.5. The van der Waals surface area contributed by atoms with Gasteiger partial charge in [0.05, 0.1) is 11.8 Å². The monoisotopic (exact) mass is 357 g/mol. The molecule has 1 saturated carbocycles. The summed E-state index contributed by atoms with van der Waals surface area (Å²) in [6.07, 6.45) is 10.5. The van der Waals surface area contributed by atoms with Crippen LogP contribution in [0, 0.1) is 0 Å². The average Bonchev–Trinajstić information content (AvgIpc) is 2.96. The van der Waals surface area contributed by atoms with Gasteiger partial charge in [-0.15, -0.1) is 12.4 Å². The van der Waals surface area contributed by atoms with Crippen LogP contribution < -0.4 is 16.0 Å². The first-order chi connectivity index (χ1) is 11.2. The van der Waals surface area contributed by atoms with Crippen molar-refractivity contribution in [2.75, 3.05) is 13.1 Å². The first kappa shape index (κ1) is 20.5. The van der Waals surface area contributed by atoms with E-state index in [9.17, 15) is 9.59 Å². The maximum atomic E-state index is 12.0. The van der Waals surface area contributed by atoms with Crippen molar-refractivity contribution in [3.63, 3.8) is 0 Å². The van der Waals surface area contributed by atoms with Gasteiger partial charge < -0.3 is 20.4 Å². The Hall–Kier alpha value is -1.53. The van der Waals surface area contributed by atoms with E-state index in [1.54, 1.807) is 13.0 Å². The molecule has 2 rings (SSSR count). The Morgan fingerprint density at radius 1 is 1.21 bits per heavy atom. The zero-order valence-corrected chi connectivity index (χ0v) is 15.0. The van der Waals surface area contributed by atoms with Gasteiger partial charge in [0, 0.05) is 19.1 Å². The van der Waals surface area contributed by atoms with Crippen LogP contribution in [0.25, 0.3) is 0 Å². The maximum Gasteiger partial charge on any atom is 0.255 e. The summed E-state index contributed by atoms with van der Waals surface area (Å²) in [5.41, 5.74) is 0.416. The molecule has 0 aromatic carbocycles. The molecule has 1 aromatic heterocycles. The zero-order chi connectivity index (χ0) is 16.5. The van der Waals surface area contributed by atoms with Crippen molar-refractivity contribution in [3.05, 3.63) is 24.2 Å². The van der Waals surface area contributed by atoms with Gasteiger partial charge >= 0.3 is 0 Å². The summed E-state index contributed by atoms with van der Waals surface area (Å²) in [5.74, 6) is -0.484. The van der Waals surface area contributed by atoms with Gasteiger partial charge in [-0.1, -0.05) is 25.7 Å². The highest BCUT2D eigenvalue weighted by molar-refractivity contribution is 5.97. The highest BCUT2D eigenvalue weighted by atomic mass is 35.5. The maximum absolute atomic E-state index is 12.0. The predicted octanol–water partition coefficient (Wildman–Crippen LogP) is 2.25. The minimum absolute atomic E-state index is 0. The van der Waals surface area contributed by atoms with Gasteiger partial charge in [0.15, 0.2) is 0 Å². The highest BCUT2D eigenvalue weighted by Crippen LogP contribution is 2.16. The Kier molecular flexibility index (Phi) is 9.49. The number of rotatable bonds is 7. The Morgan fingerprint density at radius 2 is 1.92 bits per heavy atom. The van der Waals surface area contributed by atoms with Gasteiger partial charge in [0.1, 0.15) is 12.3 Å². The molecule has 3 N–H and O–H groups in total. The lowest BCUT2D eigenvalue weighted by Gasteiger charge is -2.17. The number of carbonyl (C=O) groups is 2. The standard InChI is InChI=1S/C17H27N3O3.ClH/c1-13(20-17(22)14-8-11-23-12-14)16(21)19-10-9-18-15-6-4-2-3-5-7-15;/h8,11-13,15,18H,2-7,9-10H2,1H3,(H,19,21)(H,20,22);1H. The van der Waals surface area contributed by atoms with Gasteiger partial charge in [0.25, 0.3) is 5.91 Å². The molecule has 1 fully saturated rings. The summed E-state index contributed by atoms with van der Waals surface area (Å²) < 4.78 is 4.85. The van der Waals surface area contributed by atoms with Gasteiger partial charge in [0.2, 0.25) is 5.91 Å². The molecule has 2 amide bonds. The molecule has 136 valence electrons. The van der Waals surface area contributed by atoms with Gasteiger partial charge in [-0.3, -0.25) is 9.59 Å². The van der Waals surface area contributed by atoms with Crippen molar-refractivity contribution in [1.29, 1.82) is 0 Å². The molecule has 0 aliphatic heterocycles. The Labute approximate surface area is 149 Å². The molecular formula is C17H28ClN3O3. The largest absolute Gasteiger partial charge is 0.472 e. The minimum atomic E-state index is -0.574. The van der Waals surface area contributed by atoms with E-state index in [1.165, 1.54) is 51.1 Å². The summed E-state index contributed by atoms with van der Waals surface area (Å²) in [5, 5.41) is 9.00. The second-order valence-electron chi connectivity index (χ2n) is 6.14. The fraction of sp³-hybridized carbons (Fsp3) is 0.647. The molecule has 0 radical (unpaired) electrons. The summed E-state index contributed by atoms with van der Waals surface area (Å²) in [4.78, 5) is 23.8. The van der Waals surface area contributed by atoms with E-state index in [0.717, 1.165) is 6.54 Å². The van der Waals surface area contributed by atoms with Crippen LogP contribution >= 0.6 is 12.4 Å². The van der Waals surface area contributed by atoms with Crippen LogP contribution in [0.5, 0.6) is 0 Å². The molecule has 1 aliphatic carbocycles.